The maximum Gasteiger partial charge on any atom is 0.245 e. The molecule has 28 heavy (non-hydrogen) atoms. The van der Waals surface area contributed by atoms with Crippen molar-refractivity contribution in [1.82, 2.24) is 14.2 Å². The van der Waals surface area contributed by atoms with Gasteiger partial charge in [-0.3, -0.25) is 9.78 Å². The molecule has 2 aliphatic rings. The van der Waals surface area contributed by atoms with Gasteiger partial charge in [0.15, 0.2) is 0 Å². The number of hydrogen-bond acceptors (Lipinski definition) is 5. The molecule has 8 heteroatoms. The van der Waals surface area contributed by atoms with Crippen LogP contribution in [0.3, 0.4) is 0 Å². The zero-order valence-corrected chi connectivity index (χ0v) is 16.0. The average molecular weight is 399 g/mol. The summed E-state index contributed by atoms with van der Waals surface area (Å²) < 4.78 is 27.0. The normalized spacial score (nSPS) is 18.4. The Morgan fingerprint density at radius 1 is 1.04 bits per heavy atom. The van der Waals surface area contributed by atoms with E-state index in [1.807, 2.05) is 30.3 Å². The van der Waals surface area contributed by atoms with Crippen LogP contribution in [0.4, 0.5) is 0 Å². The molecule has 146 valence electrons. The van der Waals surface area contributed by atoms with Crippen molar-refractivity contribution >= 4 is 15.9 Å². The highest BCUT2D eigenvalue weighted by molar-refractivity contribution is 7.89. The summed E-state index contributed by atoms with van der Waals surface area (Å²) in [7, 11) is -3.60. The first-order valence-corrected chi connectivity index (χ1v) is 10.5. The second-order valence-electron chi connectivity index (χ2n) is 7.01. The van der Waals surface area contributed by atoms with Crippen molar-refractivity contribution in [3.63, 3.8) is 0 Å². The lowest BCUT2D eigenvalue weighted by Crippen LogP contribution is -2.39. The molecule has 7 nitrogen and oxygen atoms in total. The number of amides is 1. The first kappa shape index (κ1) is 18.8. The van der Waals surface area contributed by atoms with Crippen LogP contribution in [0.5, 0.6) is 0 Å². The second kappa shape index (κ2) is 7.46. The van der Waals surface area contributed by atoms with E-state index in [0.717, 1.165) is 16.7 Å². The Balaban J connectivity index is 1.44. The molecule has 1 amide bonds. The maximum absolute atomic E-state index is 12.9. The molecule has 1 atom stereocenters. The summed E-state index contributed by atoms with van der Waals surface area (Å²) in [4.78, 5) is 18.7. The summed E-state index contributed by atoms with van der Waals surface area (Å²) >= 11 is 0. The molecular formula is C20H21N3O4S. The van der Waals surface area contributed by atoms with Gasteiger partial charge in [0.25, 0.3) is 0 Å². The minimum Gasteiger partial charge on any atom is -0.395 e. The van der Waals surface area contributed by atoms with Crippen LogP contribution in [-0.2, 0) is 14.8 Å². The molecule has 1 N–H and O–H groups in total. The molecule has 3 heterocycles. The van der Waals surface area contributed by atoms with Gasteiger partial charge in [-0.05, 0) is 28.8 Å². The van der Waals surface area contributed by atoms with E-state index in [0.29, 0.717) is 13.1 Å². The van der Waals surface area contributed by atoms with Crippen molar-refractivity contribution in [3.05, 3.63) is 71.6 Å². The lowest BCUT2D eigenvalue weighted by molar-refractivity contribution is -0.132. The molecule has 4 rings (SSSR count). The molecule has 1 aromatic carbocycles. The van der Waals surface area contributed by atoms with Crippen LogP contribution >= 0.6 is 0 Å². The Kier molecular flexibility index (Phi) is 5.01. The standard InChI is InChI=1S/C20H21N3O4S/c24-14-19(15-5-2-1-3-6-15)20(25)22-10-16-12-23(13-17(16)11-22)28(26,27)18-7-4-8-21-9-18/h1-9,19,24H,10-14H2/t19-/m1/s1. The summed E-state index contributed by atoms with van der Waals surface area (Å²) in [6, 6.07) is 12.3. The van der Waals surface area contributed by atoms with E-state index in [2.05, 4.69) is 4.98 Å². The monoisotopic (exact) mass is 399 g/mol. The number of carbonyl (C=O) groups excluding carboxylic acids is 1. The molecule has 2 aromatic rings. The van der Waals surface area contributed by atoms with Crippen LogP contribution in [0.2, 0.25) is 0 Å². The molecule has 0 saturated heterocycles. The predicted molar refractivity (Wildman–Crippen MR) is 103 cm³/mol. The van der Waals surface area contributed by atoms with Gasteiger partial charge in [-0.1, -0.05) is 30.3 Å². The Labute approximate surface area is 164 Å². The van der Waals surface area contributed by atoms with Crippen molar-refractivity contribution in [2.75, 3.05) is 32.8 Å². The number of aromatic nitrogens is 1. The first-order valence-electron chi connectivity index (χ1n) is 9.05. The number of aliphatic hydroxyl groups excluding tert-OH is 1. The van der Waals surface area contributed by atoms with E-state index < -0.39 is 15.9 Å². The Hall–Kier alpha value is -2.55. The van der Waals surface area contributed by atoms with Crippen LogP contribution in [0.15, 0.2) is 70.9 Å². The van der Waals surface area contributed by atoms with Crippen molar-refractivity contribution < 1.29 is 18.3 Å². The van der Waals surface area contributed by atoms with Gasteiger partial charge in [-0.25, -0.2) is 8.42 Å². The molecular weight excluding hydrogens is 378 g/mol. The summed E-state index contributed by atoms with van der Waals surface area (Å²) in [5.74, 6) is -0.735. The van der Waals surface area contributed by atoms with E-state index in [4.69, 9.17) is 0 Å². The maximum atomic E-state index is 12.9. The number of aliphatic hydroxyl groups is 1. The van der Waals surface area contributed by atoms with Gasteiger partial charge in [-0.15, -0.1) is 0 Å². The second-order valence-corrected chi connectivity index (χ2v) is 8.95. The SMILES string of the molecule is O=C([C@H](CO)c1ccccc1)N1CC2=C(C1)CN(S(=O)(=O)c1cccnc1)C2. The highest BCUT2D eigenvalue weighted by Crippen LogP contribution is 2.31. The molecule has 0 fully saturated rings. The van der Waals surface area contributed by atoms with Gasteiger partial charge in [0.1, 0.15) is 4.90 Å². The summed E-state index contributed by atoms with van der Waals surface area (Å²) in [5.41, 5.74) is 2.71. The zero-order valence-electron chi connectivity index (χ0n) is 15.2. The Bertz CT molecular complexity index is 988. The number of carbonyl (C=O) groups is 1. The van der Waals surface area contributed by atoms with E-state index in [9.17, 15) is 18.3 Å². The predicted octanol–water partition coefficient (Wildman–Crippen LogP) is 1.00. The van der Waals surface area contributed by atoms with Gasteiger partial charge in [0, 0.05) is 38.6 Å². The third kappa shape index (κ3) is 3.34. The lowest BCUT2D eigenvalue weighted by atomic mass is 9.98. The van der Waals surface area contributed by atoms with Crippen LogP contribution in [0, 0.1) is 0 Å². The highest BCUT2D eigenvalue weighted by atomic mass is 32.2. The van der Waals surface area contributed by atoms with Crippen molar-refractivity contribution in [3.8, 4) is 0 Å². The van der Waals surface area contributed by atoms with Gasteiger partial charge in [-0.2, -0.15) is 4.31 Å². The van der Waals surface area contributed by atoms with Crippen LogP contribution in [0.25, 0.3) is 0 Å². The van der Waals surface area contributed by atoms with E-state index in [1.165, 1.54) is 22.8 Å². The van der Waals surface area contributed by atoms with E-state index in [-0.39, 0.29) is 30.5 Å². The Morgan fingerprint density at radius 2 is 1.71 bits per heavy atom. The summed E-state index contributed by atoms with van der Waals surface area (Å²) in [6.45, 7) is 1.11. The van der Waals surface area contributed by atoms with Gasteiger partial charge >= 0.3 is 0 Å². The summed E-state index contributed by atoms with van der Waals surface area (Å²) in [6.07, 6.45) is 2.88. The fourth-order valence-corrected chi connectivity index (χ4v) is 5.15. The average Bonchev–Trinajstić information content (AvgIpc) is 3.30. The number of pyridine rings is 1. The molecule has 0 spiro atoms. The van der Waals surface area contributed by atoms with Crippen LogP contribution < -0.4 is 0 Å². The minimum absolute atomic E-state index is 0.134. The first-order chi connectivity index (χ1) is 13.5. The number of benzene rings is 1. The van der Waals surface area contributed by atoms with Gasteiger partial charge in [0.2, 0.25) is 15.9 Å². The number of hydrogen-bond donors (Lipinski definition) is 1. The number of sulfonamides is 1. The molecule has 1 aromatic heterocycles. The third-order valence-corrected chi connectivity index (χ3v) is 7.04. The van der Waals surface area contributed by atoms with Gasteiger partial charge < -0.3 is 10.0 Å². The highest BCUT2D eigenvalue weighted by Gasteiger charge is 2.39. The fourth-order valence-electron chi connectivity index (χ4n) is 3.75. The topological polar surface area (TPSA) is 90.8 Å². The van der Waals surface area contributed by atoms with Crippen molar-refractivity contribution in [2.24, 2.45) is 0 Å². The third-order valence-electron chi connectivity index (χ3n) is 5.26. The molecule has 0 radical (unpaired) electrons. The lowest BCUT2D eigenvalue weighted by Gasteiger charge is -2.25. The smallest absolute Gasteiger partial charge is 0.245 e. The molecule has 2 aliphatic heterocycles. The number of rotatable bonds is 5. The van der Waals surface area contributed by atoms with Crippen LogP contribution in [0.1, 0.15) is 11.5 Å². The minimum atomic E-state index is -3.60. The molecule has 0 saturated carbocycles. The zero-order chi connectivity index (χ0) is 19.7. The van der Waals surface area contributed by atoms with Crippen molar-refractivity contribution in [2.45, 2.75) is 10.8 Å². The van der Waals surface area contributed by atoms with E-state index in [1.54, 1.807) is 11.0 Å². The van der Waals surface area contributed by atoms with E-state index >= 15 is 0 Å². The quantitative estimate of drug-likeness (QED) is 0.758. The molecule has 0 unspecified atom stereocenters. The van der Waals surface area contributed by atoms with Gasteiger partial charge in [0.05, 0.1) is 12.5 Å². The molecule has 0 aliphatic carbocycles. The van der Waals surface area contributed by atoms with Crippen LogP contribution in [-0.4, -0.2) is 66.4 Å². The van der Waals surface area contributed by atoms with Crippen molar-refractivity contribution in [1.29, 1.82) is 0 Å². The Morgan fingerprint density at radius 3 is 2.29 bits per heavy atom. The summed E-state index contributed by atoms with van der Waals surface area (Å²) in [5, 5.41) is 9.73. The number of nitrogens with zero attached hydrogens (tertiary/aromatic N) is 3. The largest absolute Gasteiger partial charge is 0.395 e. The molecule has 0 bridgehead atoms. The fraction of sp³-hybridized carbons (Fsp3) is 0.300.